The van der Waals surface area contributed by atoms with E-state index in [4.69, 9.17) is 0 Å². The summed E-state index contributed by atoms with van der Waals surface area (Å²) in [5, 5.41) is 1.50. The maximum absolute atomic E-state index is 13.7. The van der Waals surface area contributed by atoms with Crippen molar-refractivity contribution in [3.8, 4) is 0 Å². The molecule has 0 radical (unpaired) electrons. The first-order valence-electron chi connectivity index (χ1n) is 6.84. The average Bonchev–Trinajstić information content (AvgIpc) is 2.54. The van der Waals surface area contributed by atoms with E-state index >= 15 is 0 Å². The van der Waals surface area contributed by atoms with Gasteiger partial charge in [0.1, 0.15) is 5.78 Å². The van der Waals surface area contributed by atoms with Crippen LogP contribution in [0.25, 0.3) is 0 Å². The van der Waals surface area contributed by atoms with Crippen molar-refractivity contribution in [1.29, 1.82) is 0 Å². The zero-order valence-corrected chi connectivity index (χ0v) is 12.7. The van der Waals surface area contributed by atoms with Crippen LogP contribution < -0.4 is 10.6 Å². The van der Waals surface area contributed by atoms with Crippen LogP contribution in [0.15, 0.2) is 60.7 Å². The molecule has 1 unspecified atom stereocenters. The molecule has 2 aromatic rings. The predicted molar refractivity (Wildman–Crippen MR) is 84.5 cm³/mol. The zero-order valence-electron chi connectivity index (χ0n) is 11.8. The Balaban J connectivity index is 2.61. The maximum atomic E-state index is 13.7. The molecule has 1 atom stereocenters. The second-order valence-corrected chi connectivity index (χ2v) is 7.95. The normalized spacial score (nSPS) is 12.9. The molecule has 0 saturated carbocycles. The molecule has 0 aliphatic carbocycles. The molecule has 0 heterocycles. The molecule has 2 rings (SSSR count). The summed E-state index contributed by atoms with van der Waals surface area (Å²) in [6, 6.07) is 18.7. The molecule has 20 heavy (non-hydrogen) atoms. The summed E-state index contributed by atoms with van der Waals surface area (Å²) in [7, 11) is -2.94. The Hall–Kier alpha value is -1.66. The summed E-state index contributed by atoms with van der Waals surface area (Å²) in [6.07, 6.45) is 0.408. The molecule has 0 saturated heterocycles. The van der Waals surface area contributed by atoms with E-state index in [9.17, 15) is 9.36 Å². The van der Waals surface area contributed by atoms with E-state index < -0.39 is 12.8 Å². The summed E-state index contributed by atoms with van der Waals surface area (Å²) in [5.41, 5.74) is -0.489. The smallest absolute Gasteiger partial charge is 0.153 e. The van der Waals surface area contributed by atoms with Gasteiger partial charge in [-0.2, -0.15) is 0 Å². The highest BCUT2D eigenvalue weighted by Crippen LogP contribution is 2.48. The van der Waals surface area contributed by atoms with Gasteiger partial charge in [-0.05, 0) is 6.92 Å². The molecular weight excluding hydrogens is 267 g/mol. The fraction of sp³-hybridized carbons (Fsp3) is 0.235. The van der Waals surface area contributed by atoms with Gasteiger partial charge >= 0.3 is 0 Å². The second-order valence-electron chi connectivity index (χ2n) is 4.82. The maximum Gasteiger partial charge on any atom is 0.153 e. The van der Waals surface area contributed by atoms with Gasteiger partial charge in [-0.15, -0.1) is 0 Å². The Bertz CT molecular complexity index is 576. The van der Waals surface area contributed by atoms with E-state index in [1.807, 2.05) is 67.6 Å². The first kappa shape index (κ1) is 14.7. The quantitative estimate of drug-likeness (QED) is 0.790. The molecule has 2 aromatic carbocycles. The third-order valence-electron chi connectivity index (χ3n) is 3.64. The Kier molecular flexibility index (Phi) is 4.57. The summed E-state index contributed by atoms with van der Waals surface area (Å²) in [6.45, 7) is 3.60. The number of hydrogen-bond donors (Lipinski definition) is 0. The lowest BCUT2D eigenvalue weighted by Gasteiger charge is -2.24. The lowest BCUT2D eigenvalue weighted by molar-refractivity contribution is -0.118. The lowest BCUT2D eigenvalue weighted by Crippen LogP contribution is -2.29. The van der Waals surface area contributed by atoms with Crippen molar-refractivity contribution in [3.63, 3.8) is 0 Å². The minimum absolute atomic E-state index is 0.0426. The van der Waals surface area contributed by atoms with E-state index in [1.54, 1.807) is 6.92 Å². The van der Waals surface area contributed by atoms with Crippen LogP contribution in [-0.2, 0) is 9.36 Å². The van der Waals surface area contributed by atoms with Crippen LogP contribution in [0.3, 0.4) is 0 Å². The number of benzene rings is 2. The highest BCUT2D eigenvalue weighted by atomic mass is 31.2. The Morgan fingerprint density at radius 2 is 1.35 bits per heavy atom. The molecule has 0 fully saturated rings. The van der Waals surface area contributed by atoms with Crippen molar-refractivity contribution in [1.82, 2.24) is 0 Å². The molecule has 0 spiro atoms. The fourth-order valence-electron chi connectivity index (χ4n) is 2.39. The van der Waals surface area contributed by atoms with Gasteiger partial charge in [-0.3, -0.25) is 4.79 Å². The van der Waals surface area contributed by atoms with Crippen molar-refractivity contribution in [2.75, 3.05) is 0 Å². The number of rotatable bonds is 5. The van der Waals surface area contributed by atoms with Gasteiger partial charge in [0, 0.05) is 17.0 Å². The SMILES string of the molecule is CCC(=O)C(C)P(=O)(c1ccccc1)c1ccccc1. The standard InChI is InChI=1S/C17H19O2P/c1-3-17(18)14(2)20(19,15-10-6-4-7-11-15)16-12-8-5-9-13-16/h4-14H,3H2,1-2H3. The van der Waals surface area contributed by atoms with E-state index in [2.05, 4.69) is 0 Å². The fourth-order valence-corrected chi connectivity index (χ4v) is 5.40. The average molecular weight is 286 g/mol. The van der Waals surface area contributed by atoms with Crippen LogP contribution in [0.2, 0.25) is 0 Å². The lowest BCUT2D eigenvalue weighted by atomic mass is 10.2. The molecule has 0 N–H and O–H groups in total. The molecule has 0 aliphatic rings. The van der Waals surface area contributed by atoms with Crippen LogP contribution in [0.1, 0.15) is 20.3 Å². The van der Waals surface area contributed by atoms with Crippen LogP contribution >= 0.6 is 7.14 Å². The van der Waals surface area contributed by atoms with Gasteiger partial charge in [0.2, 0.25) is 0 Å². The molecular formula is C17H19O2P. The van der Waals surface area contributed by atoms with Gasteiger partial charge < -0.3 is 4.57 Å². The van der Waals surface area contributed by atoms with Crippen molar-refractivity contribution >= 4 is 23.5 Å². The van der Waals surface area contributed by atoms with Crippen LogP contribution in [0.4, 0.5) is 0 Å². The molecule has 104 valence electrons. The van der Waals surface area contributed by atoms with Gasteiger partial charge in [-0.25, -0.2) is 0 Å². The van der Waals surface area contributed by atoms with Crippen molar-refractivity contribution in [3.05, 3.63) is 60.7 Å². The van der Waals surface area contributed by atoms with E-state index in [1.165, 1.54) is 0 Å². The second kappa shape index (κ2) is 6.19. The van der Waals surface area contributed by atoms with Gasteiger partial charge in [0.15, 0.2) is 7.14 Å². The molecule has 0 amide bonds. The third-order valence-corrected chi connectivity index (χ3v) is 7.15. The topological polar surface area (TPSA) is 34.1 Å². The van der Waals surface area contributed by atoms with Crippen LogP contribution in [-0.4, -0.2) is 11.4 Å². The molecule has 0 aliphatic heterocycles. The summed E-state index contributed by atoms with van der Waals surface area (Å²) in [5.74, 6) is 0.0426. The largest absolute Gasteiger partial charge is 0.313 e. The summed E-state index contributed by atoms with van der Waals surface area (Å²) >= 11 is 0. The van der Waals surface area contributed by atoms with Crippen molar-refractivity contribution in [2.24, 2.45) is 0 Å². The van der Waals surface area contributed by atoms with Crippen molar-refractivity contribution in [2.45, 2.75) is 25.9 Å². The molecule has 2 nitrogen and oxygen atoms in total. The van der Waals surface area contributed by atoms with Crippen molar-refractivity contribution < 1.29 is 9.36 Å². The predicted octanol–water partition coefficient (Wildman–Crippen LogP) is 3.37. The summed E-state index contributed by atoms with van der Waals surface area (Å²) in [4.78, 5) is 12.1. The highest BCUT2D eigenvalue weighted by molar-refractivity contribution is 7.80. The molecule has 3 heteroatoms. The number of ketones is 1. The van der Waals surface area contributed by atoms with Gasteiger partial charge in [0.25, 0.3) is 0 Å². The van der Waals surface area contributed by atoms with E-state index in [0.29, 0.717) is 6.42 Å². The van der Waals surface area contributed by atoms with Gasteiger partial charge in [-0.1, -0.05) is 67.6 Å². The summed E-state index contributed by atoms with van der Waals surface area (Å²) < 4.78 is 13.7. The monoisotopic (exact) mass is 286 g/mol. The number of hydrogen-bond acceptors (Lipinski definition) is 2. The minimum Gasteiger partial charge on any atom is -0.313 e. The number of carbonyl (C=O) groups is 1. The van der Waals surface area contributed by atoms with Gasteiger partial charge in [0.05, 0.1) is 5.66 Å². The minimum atomic E-state index is -2.94. The number of Topliss-reactive ketones (excluding diaryl/α,β-unsaturated/α-hetero) is 1. The first-order chi connectivity index (χ1) is 9.60. The Morgan fingerprint density at radius 1 is 0.950 bits per heavy atom. The van der Waals surface area contributed by atoms with Crippen LogP contribution in [0, 0.1) is 0 Å². The zero-order chi connectivity index (χ0) is 14.6. The molecule has 0 bridgehead atoms. The third kappa shape index (κ3) is 2.62. The highest BCUT2D eigenvalue weighted by Gasteiger charge is 2.36. The van der Waals surface area contributed by atoms with Crippen LogP contribution in [0.5, 0.6) is 0 Å². The molecule has 0 aromatic heterocycles. The van der Waals surface area contributed by atoms with E-state index in [-0.39, 0.29) is 5.78 Å². The Morgan fingerprint density at radius 3 is 1.70 bits per heavy atom. The Labute approximate surface area is 120 Å². The first-order valence-corrected chi connectivity index (χ1v) is 8.62. The number of carbonyl (C=O) groups excluding carboxylic acids is 1. The van der Waals surface area contributed by atoms with E-state index in [0.717, 1.165) is 10.6 Å².